The van der Waals surface area contributed by atoms with Crippen molar-refractivity contribution in [2.45, 2.75) is 11.2 Å². The Kier molecular flexibility index (Phi) is 7.00. The molecule has 0 bridgehead atoms. The van der Waals surface area contributed by atoms with E-state index in [2.05, 4.69) is 41.7 Å². The molecule has 1 amide bonds. The summed E-state index contributed by atoms with van der Waals surface area (Å²) in [6, 6.07) is 16.4. The summed E-state index contributed by atoms with van der Waals surface area (Å²) in [5, 5.41) is 12.0. The van der Waals surface area contributed by atoms with Gasteiger partial charge in [0.15, 0.2) is 11.0 Å². The minimum absolute atomic E-state index is 0.0523. The first kappa shape index (κ1) is 21.0. The lowest BCUT2D eigenvalue weighted by Crippen LogP contribution is -3.07. The molecule has 1 aromatic heterocycles. The Morgan fingerprint density at radius 2 is 1.83 bits per heavy atom. The molecule has 0 aliphatic rings. The number of likely N-dealkylation sites (N-methyl/N-ethyl adjacent to an activating group) is 1. The number of quaternary nitrogens is 1. The SMILES string of the molecule is Cn1c(SCC(=O)NC[C@H](c2ccccc2)[NH+](C)C)nnc1-c1ccc(F)cc1. The molecule has 1 heterocycles. The molecule has 0 fully saturated rings. The summed E-state index contributed by atoms with van der Waals surface area (Å²) in [7, 11) is 5.99. The van der Waals surface area contributed by atoms with Crippen LogP contribution >= 0.6 is 11.8 Å². The number of halogens is 1. The lowest BCUT2D eigenvalue weighted by molar-refractivity contribution is -0.890. The Hall–Kier alpha value is -2.71. The summed E-state index contributed by atoms with van der Waals surface area (Å²) in [5.41, 5.74) is 1.97. The van der Waals surface area contributed by atoms with E-state index in [0.29, 0.717) is 17.5 Å². The minimum atomic E-state index is -0.296. The highest BCUT2D eigenvalue weighted by molar-refractivity contribution is 7.99. The summed E-state index contributed by atoms with van der Waals surface area (Å²) in [4.78, 5) is 13.6. The molecule has 6 nitrogen and oxygen atoms in total. The molecular weight excluding hydrogens is 389 g/mol. The van der Waals surface area contributed by atoms with Crippen LogP contribution in [-0.2, 0) is 11.8 Å². The Morgan fingerprint density at radius 1 is 1.14 bits per heavy atom. The number of rotatable bonds is 8. The maximum Gasteiger partial charge on any atom is 0.230 e. The van der Waals surface area contributed by atoms with E-state index in [-0.39, 0.29) is 23.5 Å². The largest absolute Gasteiger partial charge is 0.349 e. The summed E-state index contributed by atoms with van der Waals surface area (Å²) in [6.07, 6.45) is 0. The van der Waals surface area contributed by atoms with Gasteiger partial charge in [-0.05, 0) is 24.3 Å². The molecule has 0 saturated carbocycles. The highest BCUT2D eigenvalue weighted by Crippen LogP contribution is 2.22. The number of carbonyl (C=O) groups is 1. The zero-order chi connectivity index (χ0) is 20.8. The number of thioether (sulfide) groups is 1. The van der Waals surface area contributed by atoms with Gasteiger partial charge in [0, 0.05) is 18.2 Å². The molecule has 152 valence electrons. The molecule has 0 unspecified atom stereocenters. The van der Waals surface area contributed by atoms with Crippen molar-refractivity contribution in [1.29, 1.82) is 0 Å². The maximum absolute atomic E-state index is 13.1. The number of amides is 1. The van der Waals surface area contributed by atoms with E-state index < -0.39 is 0 Å². The zero-order valence-corrected chi connectivity index (χ0v) is 17.5. The molecule has 0 aliphatic carbocycles. The average Bonchev–Trinajstić information content (AvgIpc) is 3.08. The van der Waals surface area contributed by atoms with Gasteiger partial charge in [0.2, 0.25) is 5.91 Å². The molecule has 2 aromatic carbocycles. The van der Waals surface area contributed by atoms with Crippen LogP contribution in [0.3, 0.4) is 0 Å². The van der Waals surface area contributed by atoms with Crippen LogP contribution in [0.2, 0.25) is 0 Å². The highest BCUT2D eigenvalue weighted by Gasteiger charge is 2.19. The second-order valence-corrected chi connectivity index (χ2v) is 7.95. The van der Waals surface area contributed by atoms with Crippen LogP contribution in [0.15, 0.2) is 59.8 Å². The summed E-state index contributed by atoms with van der Waals surface area (Å²) in [5.74, 6) is 0.534. The second-order valence-electron chi connectivity index (χ2n) is 7.01. The monoisotopic (exact) mass is 414 g/mol. The standard InChI is InChI=1S/C21H24FN5OS/c1-26(2)18(15-7-5-4-6-8-15)13-23-19(28)14-29-21-25-24-20(27(21)3)16-9-11-17(22)12-10-16/h4-12,18H,13-14H2,1-3H3,(H,23,28)/p+1/t18-/m1/s1. The first-order chi connectivity index (χ1) is 14.0. The fourth-order valence-corrected chi connectivity index (χ4v) is 3.77. The van der Waals surface area contributed by atoms with Crippen molar-refractivity contribution in [1.82, 2.24) is 20.1 Å². The van der Waals surface area contributed by atoms with E-state index in [1.165, 1.54) is 34.4 Å². The molecule has 1 atom stereocenters. The predicted octanol–water partition coefficient (Wildman–Crippen LogP) is 1.72. The van der Waals surface area contributed by atoms with E-state index >= 15 is 0 Å². The lowest BCUT2D eigenvalue weighted by atomic mass is 10.1. The average molecular weight is 415 g/mol. The molecule has 29 heavy (non-hydrogen) atoms. The van der Waals surface area contributed by atoms with E-state index in [9.17, 15) is 9.18 Å². The van der Waals surface area contributed by atoms with Gasteiger partial charge in [-0.1, -0.05) is 42.1 Å². The topological polar surface area (TPSA) is 64.2 Å². The van der Waals surface area contributed by atoms with Crippen LogP contribution in [0.1, 0.15) is 11.6 Å². The first-order valence-corrected chi connectivity index (χ1v) is 10.3. The summed E-state index contributed by atoms with van der Waals surface area (Å²) >= 11 is 1.33. The van der Waals surface area contributed by atoms with Gasteiger partial charge in [-0.25, -0.2) is 4.39 Å². The molecule has 3 aromatic rings. The number of carbonyl (C=O) groups excluding carboxylic acids is 1. The van der Waals surface area contributed by atoms with Crippen molar-refractivity contribution in [3.8, 4) is 11.4 Å². The Morgan fingerprint density at radius 3 is 2.48 bits per heavy atom. The quantitative estimate of drug-likeness (QED) is 0.551. The van der Waals surface area contributed by atoms with Crippen molar-refractivity contribution in [3.63, 3.8) is 0 Å². The van der Waals surface area contributed by atoms with E-state index in [1.807, 2.05) is 29.8 Å². The van der Waals surface area contributed by atoms with Crippen molar-refractivity contribution in [2.24, 2.45) is 7.05 Å². The summed E-state index contributed by atoms with van der Waals surface area (Å²) < 4.78 is 14.9. The second kappa shape index (κ2) is 9.67. The van der Waals surface area contributed by atoms with Gasteiger partial charge in [-0.3, -0.25) is 4.79 Å². The van der Waals surface area contributed by atoms with Crippen LogP contribution in [0.5, 0.6) is 0 Å². The van der Waals surface area contributed by atoms with Crippen molar-refractivity contribution in [2.75, 3.05) is 26.4 Å². The van der Waals surface area contributed by atoms with Crippen molar-refractivity contribution in [3.05, 3.63) is 66.0 Å². The Labute approximate surface area is 174 Å². The van der Waals surface area contributed by atoms with Gasteiger partial charge in [-0.15, -0.1) is 10.2 Å². The smallest absolute Gasteiger partial charge is 0.230 e. The minimum Gasteiger partial charge on any atom is -0.349 e. The third-order valence-corrected chi connectivity index (χ3v) is 5.69. The Balaban J connectivity index is 1.56. The molecule has 2 N–H and O–H groups in total. The maximum atomic E-state index is 13.1. The molecule has 3 rings (SSSR count). The summed E-state index contributed by atoms with van der Waals surface area (Å²) in [6.45, 7) is 0.561. The number of nitrogens with one attached hydrogen (secondary N) is 2. The number of aromatic nitrogens is 3. The van der Waals surface area contributed by atoms with Crippen molar-refractivity contribution < 1.29 is 14.1 Å². The molecule has 0 radical (unpaired) electrons. The lowest BCUT2D eigenvalue weighted by Gasteiger charge is -2.22. The van der Waals surface area contributed by atoms with Gasteiger partial charge < -0.3 is 14.8 Å². The third kappa shape index (κ3) is 5.42. The molecule has 8 heteroatoms. The first-order valence-electron chi connectivity index (χ1n) is 9.35. The van der Waals surface area contributed by atoms with Gasteiger partial charge in [0.1, 0.15) is 11.9 Å². The van der Waals surface area contributed by atoms with E-state index in [1.54, 1.807) is 12.1 Å². The predicted molar refractivity (Wildman–Crippen MR) is 112 cm³/mol. The van der Waals surface area contributed by atoms with E-state index in [0.717, 1.165) is 5.56 Å². The molecular formula is C21H25FN5OS+. The Bertz CT molecular complexity index is 943. The fourth-order valence-electron chi connectivity index (χ4n) is 3.03. The number of benzene rings is 2. The van der Waals surface area contributed by atoms with Gasteiger partial charge in [0.25, 0.3) is 0 Å². The number of hydrogen-bond donors (Lipinski definition) is 2. The van der Waals surface area contributed by atoms with Gasteiger partial charge in [-0.2, -0.15) is 0 Å². The van der Waals surface area contributed by atoms with Crippen LogP contribution in [0.25, 0.3) is 11.4 Å². The molecule has 0 spiro atoms. The third-order valence-electron chi connectivity index (χ3n) is 4.67. The van der Waals surface area contributed by atoms with Crippen molar-refractivity contribution >= 4 is 17.7 Å². The van der Waals surface area contributed by atoms with Crippen LogP contribution in [-0.4, -0.2) is 47.1 Å². The number of hydrogen-bond acceptors (Lipinski definition) is 4. The highest BCUT2D eigenvalue weighted by atomic mass is 32.2. The van der Waals surface area contributed by atoms with Crippen LogP contribution < -0.4 is 10.2 Å². The van der Waals surface area contributed by atoms with Crippen LogP contribution in [0.4, 0.5) is 4.39 Å². The number of nitrogens with zero attached hydrogens (tertiary/aromatic N) is 3. The molecule has 0 aliphatic heterocycles. The molecule has 0 saturated heterocycles. The zero-order valence-electron chi connectivity index (χ0n) is 16.7. The van der Waals surface area contributed by atoms with E-state index in [4.69, 9.17) is 0 Å². The van der Waals surface area contributed by atoms with Gasteiger partial charge >= 0.3 is 0 Å². The normalized spacial score (nSPS) is 12.2. The van der Waals surface area contributed by atoms with Gasteiger partial charge in [0.05, 0.1) is 26.4 Å². The van der Waals surface area contributed by atoms with Crippen LogP contribution in [0, 0.1) is 5.82 Å². The fraction of sp³-hybridized carbons (Fsp3) is 0.286.